The number of halogens is 1. The number of nitrogens with zero attached hydrogens (tertiary/aromatic N) is 6. The maximum Gasteiger partial charge on any atom is 0.262 e. The minimum Gasteiger partial charge on any atom is -0.490 e. The van der Waals surface area contributed by atoms with Gasteiger partial charge in [0.2, 0.25) is 11.8 Å². The van der Waals surface area contributed by atoms with Crippen LogP contribution in [0.4, 0.5) is 11.4 Å². The van der Waals surface area contributed by atoms with Gasteiger partial charge in [0, 0.05) is 99.7 Å². The second kappa shape index (κ2) is 15.1. The number of nitriles is 1. The van der Waals surface area contributed by atoms with Crippen molar-refractivity contribution >= 4 is 52.5 Å². The Morgan fingerprint density at radius 2 is 1.44 bits per heavy atom. The van der Waals surface area contributed by atoms with Crippen LogP contribution in [0.5, 0.6) is 5.75 Å². The standard InChI is InChI=1S/C43H44ClN7O6/c44-37-24-33(9-3-27(37)25-45)57-34-21-31-6-7-32(22-34)50(31)29-4-1-26(2-5-29)41(54)49-19-17-48(18-20-49)28-13-15-47(16-14-28)30-8-10-35-36(23-30)43(56)51(42(35)55)38-11-12-39(52)46-40(38)53/h1-5,8-10,23-24,28,31-32,34,38H,6-7,11-22H2,(H,46,52,53)/t31-,32+,34?,38?. The van der Waals surface area contributed by atoms with Crippen LogP contribution in [0.3, 0.4) is 0 Å². The Bertz CT molecular complexity index is 2160. The summed E-state index contributed by atoms with van der Waals surface area (Å²) in [4.78, 5) is 74.4. The summed E-state index contributed by atoms with van der Waals surface area (Å²) >= 11 is 6.24. The highest BCUT2D eigenvalue weighted by molar-refractivity contribution is 6.31. The second-order valence-corrected chi connectivity index (χ2v) is 16.4. The number of amides is 5. The van der Waals surface area contributed by atoms with E-state index >= 15 is 0 Å². The summed E-state index contributed by atoms with van der Waals surface area (Å²) in [7, 11) is 0. The van der Waals surface area contributed by atoms with Gasteiger partial charge >= 0.3 is 0 Å². The molecule has 294 valence electrons. The fourth-order valence-corrected chi connectivity index (χ4v) is 10.1. The molecule has 6 aliphatic heterocycles. The van der Waals surface area contributed by atoms with Gasteiger partial charge in [-0.1, -0.05) is 11.6 Å². The largest absolute Gasteiger partial charge is 0.490 e. The Morgan fingerprint density at radius 3 is 2.11 bits per heavy atom. The van der Waals surface area contributed by atoms with Crippen LogP contribution in [0, 0.1) is 11.3 Å². The minimum atomic E-state index is -0.981. The van der Waals surface area contributed by atoms with Gasteiger partial charge in [-0.05, 0) is 86.7 Å². The molecule has 6 aliphatic rings. The zero-order chi connectivity index (χ0) is 39.4. The molecule has 2 bridgehead atoms. The second-order valence-electron chi connectivity index (χ2n) is 16.0. The van der Waals surface area contributed by atoms with E-state index in [-0.39, 0.29) is 30.4 Å². The first-order valence-electron chi connectivity index (χ1n) is 20.0. The molecule has 0 aliphatic carbocycles. The third kappa shape index (κ3) is 6.99. The van der Waals surface area contributed by atoms with Crippen LogP contribution in [-0.2, 0) is 9.59 Å². The van der Waals surface area contributed by atoms with Crippen molar-refractivity contribution in [3.8, 4) is 11.8 Å². The molecule has 5 amide bonds. The number of piperazine rings is 1. The Morgan fingerprint density at radius 1 is 0.754 bits per heavy atom. The molecular weight excluding hydrogens is 746 g/mol. The lowest BCUT2D eigenvalue weighted by molar-refractivity contribution is -0.136. The van der Waals surface area contributed by atoms with E-state index in [1.807, 2.05) is 29.2 Å². The lowest BCUT2D eigenvalue weighted by Gasteiger charge is -2.43. The molecule has 6 heterocycles. The van der Waals surface area contributed by atoms with Crippen molar-refractivity contribution in [3.63, 3.8) is 0 Å². The van der Waals surface area contributed by atoms with Gasteiger partial charge in [0.25, 0.3) is 17.7 Å². The average Bonchev–Trinajstić information content (AvgIpc) is 3.64. The van der Waals surface area contributed by atoms with E-state index in [0.29, 0.717) is 58.7 Å². The summed E-state index contributed by atoms with van der Waals surface area (Å²) < 4.78 is 6.32. The number of benzene rings is 3. The van der Waals surface area contributed by atoms with Crippen molar-refractivity contribution in [3.05, 3.63) is 87.9 Å². The maximum absolute atomic E-state index is 13.6. The van der Waals surface area contributed by atoms with Crippen molar-refractivity contribution in [1.29, 1.82) is 5.26 Å². The number of carbonyl (C=O) groups is 5. The average molecular weight is 790 g/mol. The van der Waals surface area contributed by atoms with Crippen LogP contribution in [-0.4, -0.2) is 114 Å². The summed E-state index contributed by atoms with van der Waals surface area (Å²) in [6.07, 6.45) is 6.20. The van der Waals surface area contributed by atoms with Crippen LogP contribution in [0.1, 0.15) is 88.0 Å². The van der Waals surface area contributed by atoms with Crippen LogP contribution < -0.4 is 19.9 Å². The number of fused-ring (bicyclic) bond motifs is 3. The number of anilines is 2. The molecule has 13 nitrogen and oxygen atoms in total. The number of ether oxygens (including phenoxy) is 1. The number of imide groups is 2. The van der Waals surface area contributed by atoms with Gasteiger partial charge < -0.3 is 19.4 Å². The fraction of sp³-hybridized carbons (Fsp3) is 0.442. The van der Waals surface area contributed by atoms with E-state index in [4.69, 9.17) is 16.3 Å². The molecule has 5 fully saturated rings. The van der Waals surface area contributed by atoms with Gasteiger partial charge in [0.1, 0.15) is 24.0 Å². The van der Waals surface area contributed by atoms with Crippen molar-refractivity contribution in [2.75, 3.05) is 49.1 Å². The summed E-state index contributed by atoms with van der Waals surface area (Å²) in [5.74, 6) is -1.24. The van der Waals surface area contributed by atoms with Gasteiger partial charge in [-0.3, -0.25) is 39.1 Å². The summed E-state index contributed by atoms with van der Waals surface area (Å²) in [5.41, 5.74) is 3.75. The Hall–Kier alpha value is -5.45. The molecule has 5 saturated heterocycles. The van der Waals surface area contributed by atoms with E-state index in [1.165, 1.54) is 0 Å². The third-order valence-corrected chi connectivity index (χ3v) is 13.1. The predicted octanol–water partition coefficient (Wildman–Crippen LogP) is 4.62. The number of hydrogen-bond acceptors (Lipinski definition) is 10. The SMILES string of the molecule is N#Cc1ccc(OC2C[C@H]3CC[C@@H](C2)N3c2ccc(C(=O)N3CCN(C4CCN(c5ccc6c(c5)C(=O)N(C5CCC(=O)NC5=O)C6=O)CC4)CC3)cc2)cc1Cl. The first-order valence-corrected chi connectivity index (χ1v) is 20.4. The number of hydrogen-bond donors (Lipinski definition) is 1. The molecule has 1 N–H and O–H groups in total. The fourth-order valence-electron chi connectivity index (χ4n) is 9.89. The van der Waals surface area contributed by atoms with E-state index < -0.39 is 29.7 Å². The van der Waals surface area contributed by atoms with Gasteiger partial charge in [-0.15, -0.1) is 0 Å². The molecule has 0 aromatic heterocycles. The monoisotopic (exact) mass is 789 g/mol. The van der Waals surface area contributed by atoms with Crippen LogP contribution in [0.25, 0.3) is 0 Å². The molecule has 14 heteroatoms. The van der Waals surface area contributed by atoms with Gasteiger partial charge in [0.05, 0.1) is 21.7 Å². The zero-order valence-electron chi connectivity index (χ0n) is 31.6. The van der Waals surface area contributed by atoms with Crippen LogP contribution >= 0.6 is 11.6 Å². The summed E-state index contributed by atoms with van der Waals surface area (Å²) in [6.45, 7) is 4.57. The lowest BCUT2D eigenvalue weighted by Crippen LogP contribution is -2.54. The number of piperidine rings is 3. The van der Waals surface area contributed by atoms with E-state index in [9.17, 15) is 29.2 Å². The third-order valence-electron chi connectivity index (χ3n) is 12.8. The molecule has 3 aromatic carbocycles. The molecule has 4 atom stereocenters. The number of nitrogens with one attached hydrogen (secondary N) is 1. The highest BCUT2D eigenvalue weighted by Crippen LogP contribution is 2.41. The molecule has 9 rings (SSSR count). The van der Waals surface area contributed by atoms with E-state index in [1.54, 1.807) is 24.3 Å². The molecular formula is C43H44ClN7O6. The quantitative estimate of drug-likeness (QED) is 0.337. The Labute approximate surface area is 336 Å². The van der Waals surface area contributed by atoms with Gasteiger partial charge in [-0.2, -0.15) is 5.26 Å². The normalized spacial score (nSPS) is 25.4. The summed E-state index contributed by atoms with van der Waals surface area (Å²) in [5, 5.41) is 11.8. The molecule has 3 aromatic rings. The van der Waals surface area contributed by atoms with Crippen molar-refractivity contribution in [2.24, 2.45) is 0 Å². The van der Waals surface area contributed by atoms with Gasteiger partial charge in [-0.25, -0.2) is 0 Å². The maximum atomic E-state index is 13.6. The highest BCUT2D eigenvalue weighted by Gasteiger charge is 2.45. The molecule has 2 unspecified atom stereocenters. The zero-order valence-corrected chi connectivity index (χ0v) is 32.3. The molecule has 0 saturated carbocycles. The Kier molecular flexibility index (Phi) is 9.86. The first-order chi connectivity index (χ1) is 27.6. The smallest absolute Gasteiger partial charge is 0.262 e. The predicted molar refractivity (Wildman–Crippen MR) is 211 cm³/mol. The van der Waals surface area contributed by atoms with Crippen LogP contribution in [0.2, 0.25) is 5.02 Å². The molecule has 0 radical (unpaired) electrons. The topological polar surface area (TPSA) is 147 Å². The van der Waals surface area contributed by atoms with Crippen molar-refractivity contribution < 1.29 is 28.7 Å². The van der Waals surface area contributed by atoms with Gasteiger partial charge in [0.15, 0.2) is 0 Å². The van der Waals surface area contributed by atoms with E-state index in [2.05, 4.69) is 38.2 Å². The molecule has 0 spiro atoms. The first kappa shape index (κ1) is 37.1. The van der Waals surface area contributed by atoms with Crippen molar-refractivity contribution in [2.45, 2.75) is 81.6 Å². The van der Waals surface area contributed by atoms with Crippen LogP contribution in [0.15, 0.2) is 60.7 Å². The highest BCUT2D eigenvalue weighted by atomic mass is 35.5. The van der Waals surface area contributed by atoms with Crippen molar-refractivity contribution in [1.82, 2.24) is 20.0 Å². The number of rotatable bonds is 7. The molecule has 57 heavy (non-hydrogen) atoms. The lowest BCUT2D eigenvalue weighted by atomic mass is 9.98. The number of carbonyl (C=O) groups excluding carboxylic acids is 5. The van der Waals surface area contributed by atoms with E-state index in [0.717, 1.165) is 81.0 Å². The Balaban J connectivity index is 0.750. The minimum absolute atomic E-state index is 0.0629. The summed E-state index contributed by atoms with van der Waals surface area (Å²) in [6, 6.07) is 20.9.